The van der Waals surface area contributed by atoms with Crippen molar-refractivity contribution in [2.45, 2.75) is 19.9 Å². The van der Waals surface area contributed by atoms with Crippen LogP contribution in [0.25, 0.3) is 0 Å². The third kappa shape index (κ3) is 4.42. The lowest BCUT2D eigenvalue weighted by Crippen LogP contribution is -2.35. The van der Waals surface area contributed by atoms with Crippen molar-refractivity contribution in [2.24, 2.45) is 5.73 Å². The zero-order chi connectivity index (χ0) is 14.6. The quantitative estimate of drug-likeness (QED) is 0.453. The number of ether oxygens (including phenoxy) is 1. The van der Waals surface area contributed by atoms with Crippen LogP contribution in [-0.2, 0) is 10.2 Å². The molecule has 0 spiro atoms. The molecule has 0 bridgehead atoms. The average Bonchev–Trinajstić information content (AvgIpc) is 2.26. The molecule has 106 valence electrons. The van der Waals surface area contributed by atoms with Gasteiger partial charge in [-0.15, -0.1) is 0 Å². The van der Waals surface area contributed by atoms with Crippen molar-refractivity contribution in [1.29, 1.82) is 5.41 Å². The van der Waals surface area contributed by atoms with Gasteiger partial charge in [0.05, 0.1) is 12.8 Å². The van der Waals surface area contributed by atoms with Crippen LogP contribution < -0.4 is 19.9 Å². The molecule has 0 aromatic heterocycles. The Morgan fingerprint density at radius 3 is 2.53 bits per heavy atom. The zero-order valence-electron chi connectivity index (χ0n) is 11.0. The van der Waals surface area contributed by atoms with Gasteiger partial charge in [-0.25, -0.2) is 0 Å². The lowest BCUT2D eigenvalue weighted by molar-refractivity contribution is 0.416. The standard InChI is InChI=1S/C11H18N4O3S/c1-7(2)14-19(16,17)15-9-5-4-8(11(12)13)6-10(9)18-3/h4-7,14-15H,1-3H3,(H3,12,13). The van der Waals surface area contributed by atoms with Crippen LogP contribution in [0.1, 0.15) is 19.4 Å². The van der Waals surface area contributed by atoms with E-state index in [0.29, 0.717) is 11.3 Å². The number of anilines is 1. The molecule has 0 aliphatic rings. The summed E-state index contributed by atoms with van der Waals surface area (Å²) in [7, 11) is -2.25. The van der Waals surface area contributed by atoms with Gasteiger partial charge in [0, 0.05) is 11.6 Å². The SMILES string of the molecule is COc1cc(C(=N)N)ccc1NS(=O)(=O)NC(C)C. The van der Waals surface area contributed by atoms with Crippen molar-refractivity contribution in [3.63, 3.8) is 0 Å². The van der Waals surface area contributed by atoms with E-state index in [-0.39, 0.29) is 17.6 Å². The maximum Gasteiger partial charge on any atom is 0.299 e. The molecule has 1 aromatic rings. The Kier molecular flexibility index (Phi) is 4.73. The molecule has 8 heteroatoms. The fraction of sp³-hybridized carbons (Fsp3) is 0.364. The predicted molar refractivity (Wildman–Crippen MR) is 74.8 cm³/mol. The topological polar surface area (TPSA) is 117 Å². The van der Waals surface area contributed by atoms with E-state index >= 15 is 0 Å². The molecule has 5 N–H and O–H groups in total. The molecule has 0 saturated heterocycles. The van der Waals surface area contributed by atoms with Gasteiger partial charge in [0.1, 0.15) is 11.6 Å². The first-order chi connectivity index (χ1) is 8.75. The van der Waals surface area contributed by atoms with Gasteiger partial charge >= 0.3 is 0 Å². The molecule has 0 atom stereocenters. The predicted octanol–water partition coefficient (Wildman–Crippen LogP) is 0.634. The Hall–Kier alpha value is -1.80. The number of nitrogens with two attached hydrogens (primary N) is 1. The second kappa shape index (κ2) is 5.89. The Bertz CT molecular complexity index is 569. The summed E-state index contributed by atoms with van der Waals surface area (Å²) in [6.07, 6.45) is 0. The lowest BCUT2D eigenvalue weighted by atomic mass is 10.2. The molecule has 0 saturated carbocycles. The van der Waals surface area contributed by atoms with E-state index < -0.39 is 10.2 Å². The van der Waals surface area contributed by atoms with Crippen LogP contribution in [0.3, 0.4) is 0 Å². The monoisotopic (exact) mass is 286 g/mol. The number of hydrogen-bond acceptors (Lipinski definition) is 4. The second-order valence-electron chi connectivity index (χ2n) is 4.21. The molecule has 0 aliphatic carbocycles. The van der Waals surface area contributed by atoms with Crippen LogP contribution >= 0.6 is 0 Å². The third-order valence-electron chi connectivity index (χ3n) is 2.15. The van der Waals surface area contributed by atoms with Crippen LogP contribution in [0.15, 0.2) is 18.2 Å². The van der Waals surface area contributed by atoms with E-state index in [1.807, 2.05) is 0 Å². The number of amidine groups is 1. The molecule has 1 aromatic carbocycles. The van der Waals surface area contributed by atoms with Crippen molar-refractivity contribution in [1.82, 2.24) is 4.72 Å². The highest BCUT2D eigenvalue weighted by Crippen LogP contribution is 2.26. The molecule has 0 amide bonds. The summed E-state index contributed by atoms with van der Waals surface area (Å²) in [6, 6.07) is 4.31. The van der Waals surface area contributed by atoms with Crippen molar-refractivity contribution in [3.05, 3.63) is 23.8 Å². The Labute approximate surface area is 112 Å². The minimum absolute atomic E-state index is 0.118. The van der Waals surface area contributed by atoms with E-state index in [0.717, 1.165) is 0 Å². The van der Waals surface area contributed by atoms with Gasteiger partial charge in [-0.3, -0.25) is 10.1 Å². The minimum atomic E-state index is -3.66. The molecular weight excluding hydrogens is 268 g/mol. The molecule has 0 heterocycles. The maximum atomic E-state index is 11.8. The van der Waals surface area contributed by atoms with Crippen molar-refractivity contribution >= 4 is 21.7 Å². The number of methoxy groups -OCH3 is 1. The third-order valence-corrected chi connectivity index (χ3v) is 3.42. The number of nitrogen functional groups attached to an aromatic ring is 1. The lowest BCUT2D eigenvalue weighted by Gasteiger charge is -2.14. The summed E-state index contributed by atoms with van der Waals surface area (Å²) < 4.78 is 33.3. The van der Waals surface area contributed by atoms with Gasteiger partial charge < -0.3 is 10.5 Å². The van der Waals surface area contributed by atoms with E-state index in [1.54, 1.807) is 13.8 Å². The van der Waals surface area contributed by atoms with Crippen molar-refractivity contribution in [2.75, 3.05) is 11.8 Å². The zero-order valence-corrected chi connectivity index (χ0v) is 11.8. The number of benzene rings is 1. The summed E-state index contributed by atoms with van der Waals surface area (Å²) in [5.74, 6) is 0.176. The van der Waals surface area contributed by atoms with Gasteiger partial charge in [-0.1, -0.05) is 0 Å². The Balaban J connectivity index is 3.05. The van der Waals surface area contributed by atoms with Gasteiger partial charge in [-0.2, -0.15) is 13.1 Å². The average molecular weight is 286 g/mol. The highest BCUT2D eigenvalue weighted by atomic mass is 32.2. The van der Waals surface area contributed by atoms with Crippen LogP contribution in [0, 0.1) is 5.41 Å². The van der Waals surface area contributed by atoms with Crippen molar-refractivity contribution in [3.8, 4) is 5.75 Å². The number of nitrogens with one attached hydrogen (secondary N) is 3. The van der Waals surface area contributed by atoms with E-state index in [9.17, 15) is 8.42 Å². The van der Waals surface area contributed by atoms with E-state index in [2.05, 4.69) is 9.44 Å². The van der Waals surface area contributed by atoms with Gasteiger partial charge in [0.25, 0.3) is 10.2 Å². The molecule has 0 fully saturated rings. The first-order valence-electron chi connectivity index (χ1n) is 5.57. The highest BCUT2D eigenvalue weighted by Gasteiger charge is 2.15. The van der Waals surface area contributed by atoms with Gasteiger partial charge in [-0.05, 0) is 32.0 Å². The van der Waals surface area contributed by atoms with Crippen LogP contribution in [0.5, 0.6) is 5.75 Å². The number of hydrogen-bond donors (Lipinski definition) is 4. The van der Waals surface area contributed by atoms with E-state index in [1.165, 1.54) is 25.3 Å². The smallest absolute Gasteiger partial charge is 0.299 e. The molecular formula is C11H18N4O3S. The summed E-state index contributed by atoms with van der Waals surface area (Å²) in [5, 5.41) is 7.32. The summed E-state index contributed by atoms with van der Waals surface area (Å²) in [5.41, 5.74) is 6.09. The largest absolute Gasteiger partial charge is 0.495 e. The minimum Gasteiger partial charge on any atom is -0.495 e. The first-order valence-corrected chi connectivity index (χ1v) is 7.06. The second-order valence-corrected chi connectivity index (χ2v) is 5.65. The van der Waals surface area contributed by atoms with Crippen LogP contribution in [0.2, 0.25) is 0 Å². The van der Waals surface area contributed by atoms with Crippen LogP contribution in [0.4, 0.5) is 5.69 Å². The number of rotatable bonds is 6. The fourth-order valence-corrected chi connectivity index (χ4v) is 2.57. The summed E-state index contributed by atoms with van der Waals surface area (Å²) in [6.45, 7) is 3.44. The summed E-state index contributed by atoms with van der Waals surface area (Å²) >= 11 is 0. The Morgan fingerprint density at radius 2 is 2.05 bits per heavy atom. The van der Waals surface area contributed by atoms with Crippen molar-refractivity contribution < 1.29 is 13.2 Å². The summed E-state index contributed by atoms with van der Waals surface area (Å²) in [4.78, 5) is 0. The molecule has 1 rings (SSSR count). The normalized spacial score (nSPS) is 11.4. The fourth-order valence-electron chi connectivity index (χ4n) is 1.43. The van der Waals surface area contributed by atoms with E-state index in [4.69, 9.17) is 15.9 Å². The van der Waals surface area contributed by atoms with Crippen LogP contribution in [-0.4, -0.2) is 27.4 Å². The highest BCUT2D eigenvalue weighted by molar-refractivity contribution is 7.90. The molecule has 0 unspecified atom stereocenters. The molecule has 7 nitrogen and oxygen atoms in total. The first kappa shape index (κ1) is 15.3. The van der Waals surface area contributed by atoms with Gasteiger partial charge in [0.2, 0.25) is 0 Å². The molecule has 0 aliphatic heterocycles. The maximum absolute atomic E-state index is 11.8. The molecule has 0 radical (unpaired) electrons. The molecule has 19 heavy (non-hydrogen) atoms. The van der Waals surface area contributed by atoms with Gasteiger partial charge in [0.15, 0.2) is 0 Å². The Morgan fingerprint density at radius 1 is 1.42 bits per heavy atom.